The molecule has 3 nitrogen and oxygen atoms in total. The molecule has 1 fully saturated rings. The predicted octanol–water partition coefficient (Wildman–Crippen LogP) is 2.77. The van der Waals surface area contributed by atoms with E-state index in [2.05, 4.69) is 23.7 Å². The summed E-state index contributed by atoms with van der Waals surface area (Å²) in [6.45, 7) is 6.86. The van der Waals surface area contributed by atoms with Gasteiger partial charge in [0.15, 0.2) is 5.13 Å². The topological polar surface area (TPSA) is 42.2 Å². The number of hydrogen-bond acceptors (Lipinski definition) is 4. The minimum atomic E-state index is 0. The Labute approximate surface area is 107 Å². The van der Waals surface area contributed by atoms with Crippen LogP contribution >= 0.6 is 23.7 Å². The van der Waals surface area contributed by atoms with Gasteiger partial charge in [-0.2, -0.15) is 0 Å². The number of nitrogen functional groups attached to an aromatic ring is 1. The second kappa shape index (κ2) is 5.84. The van der Waals surface area contributed by atoms with E-state index in [0.29, 0.717) is 5.13 Å². The van der Waals surface area contributed by atoms with Crippen LogP contribution in [-0.2, 0) is 6.54 Å². The SMILES string of the molecule is CCC1CC(C)CN1Cc1cnc(N)s1.Cl. The van der Waals surface area contributed by atoms with Gasteiger partial charge in [0.05, 0.1) is 0 Å². The van der Waals surface area contributed by atoms with E-state index >= 15 is 0 Å². The Hall–Kier alpha value is -0.320. The van der Waals surface area contributed by atoms with Gasteiger partial charge in [0, 0.05) is 30.2 Å². The maximum atomic E-state index is 5.64. The van der Waals surface area contributed by atoms with Crippen LogP contribution in [0, 0.1) is 5.92 Å². The highest BCUT2D eigenvalue weighted by molar-refractivity contribution is 7.15. The summed E-state index contributed by atoms with van der Waals surface area (Å²) in [5.41, 5.74) is 5.64. The fourth-order valence-corrected chi connectivity index (χ4v) is 3.16. The van der Waals surface area contributed by atoms with E-state index in [1.165, 1.54) is 24.3 Å². The summed E-state index contributed by atoms with van der Waals surface area (Å²) in [4.78, 5) is 7.96. The third-order valence-corrected chi connectivity index (χ3v) is 3.95. The number of hydrogen-bond donors (Lipinski definition) is 1. The summed E-state index contributed by atoms with van der Waals surface area (Å²) in [6.07, 6.45) is 4.50. The van der Waals surface area contributed by atoms with Crippen LogP contribution in [0.3, 0.4) is 0 Å². The van der Waals surface area contributed by atoms with Crippen LogP contribution in [0.15, 0.2) is 6.20 Å². The van der Waals surface area contributed by atoms with E-state index in [9.17, 15) is 0 Å². The van der Waals surface area contributed by atoms with Gasteiger partial charge in [-0.25, -0.2) is 4.98 Å². The number of aromatic nitrogens is 1. The van der Waals surface area contributed by atoms with E-state index < -0.39 is 0 Å². The molecule has 2 N–H and O–H groups in total. The van der Waals surface area contributed by atoms with Gasteiger partial charge in [-0.1, -0.05) is 13.8 Å². The molecule has 0 aliphatic carbocycles. The monoisotopic (exact) mass is 261 g/mol. The van der Waals surface area contributed by atoms with Crippen LogP contribution in [-0.4, -0.2) is 22.5 Å². The molecule has 0 aromatic carbocycles. The first-order chi connectivity index (χ1) is 7.19. The van der Waals surface area contributed by atoms with Crippen LogP contribution in [0.25, 0.3) is 0 Å². The zero-order valence-electron chi connectivity index (χ0n) is 9.85. The van der Waals surface area contributed by atoms with Crippen molar-refractivity contribution in [1.82, 2.24) is 9.88 Å². The number of rotatable bonds is 3. The molecular weight excluding hydrogens is 242 g/mol. The van der Waals surface area contributed by atoms with Crippen molar-refractivity contribution in [3.63, 3.8) is 0 Å². The Morgan fingerprint density at radius 2 is 2.38 bits per heavy atom. The highest BCUT2D eigenvalue weighted by Crippen LogP contribution is 2.28. The molecule has 16 heavy (non-hydrogen) atoms. The van der Waals surface area contributed by atoms with Gasteiger partial charge in [0.25, 0.3) is 0 Å². The van der Waals surface area contributed by atoms with Crippen molar-refractivity contribution in [3.05, 3.63) is 11.1 Å². The normalized spacial score (nSPS) is 25.6. The summed E-state index contributed by atoms with van der Waals surface area (Å²) >= 11 is 1.61. The Balaban J connectivity index is 0.00000128. The lowest BCUT2D eigenvalue weighted by Gasteiger charge is -2.22. The molecule has 1 saturated heterocycles. The largest absolute Gasteiger partial charge is 0.375 e. The highest BCUT2D eigenvalue weighted by atomic mass is 35.5. The van der Waals surface area contributed by atoms with Gasteiger partial charge in [0.2, 0.25) is 0 Å². The van der Waals surface area contributed by atoms with Gasteiger partial charge in [-0.05, 0) is 18.8 Å². The standard InChI is InChI=1S/C11H19N3S.ClH/c1-3-9-4-8(2)6-14(9)7-10-5-13-11(12)15-10;/h5,8-9H,3-4,6-7H2,1-2H3,(H2,12,13);1H. The molecule has 1 aliphatic rings. The molecule has 1 aromatic rings. The summed E-state index contributed by atoms with van der Waals surface area (Å²) in [5.74, 6) is 0.834. The Morgan fingerprint density at radius 3 is 2.94 bits per heavy atom. The van der Waals surface area contributed by atoms with E-state index in [1.807, 2.05) is 6.20 Å². The van der Waals surface area contributed by atoms with Crippen molar-refractivity contribution in [2.45, 2.75) is 39.3 Å². The molecule has 0 radical (unpaired) electrons. The maximum Gasteiger partial charge on any atom is 0.180 e. The van der Waals surface area contributed by atoms with E-state index in [-0.39, 0.29) is 12.4 Å². The van der Waals surface area contributed by atoms with E-state index in [4.69, 9.17) is 5.73 Å². The number of nitrogens with zero attached hydrogens (tertiary/aromatic N) is 2. The first-order valence-corrected chi connectivity index (χ1v) is 6.45. The molecule has 2 rings (SSSR count). The van der Waals surface area contributed by atoms with Crippen LogP contribution in [0.5, 0.6) is 0 Å². The molecule has 0 spiro atoms. The quantitative estimate of drug-likeness (QED) is 0.910. The van der Waals surface area contributed by atoms with Crippen molar-refractivity contribution in [3.8, 4) is 0 Å². The molecule has 1 aromatic heterocycles. The fraction of sp³-hybridized carbons (Fsp3) is 0.727. The van der Waals surface area contributed by atoms with Crippen LogP contribution < -0.4 is 5.73 Å². The molecule has 5 heteroatoms. The van der Waals surface area contributed by atoms with E-state index in [1.54, 1.807) is 11.3 Å². The lowest BCUT2D eigenvalue weighted by atomic mass is 10.1. The highest BCUT2D eigenvalue weighted by Gasteiger charge is 2.28. The van der Waals surface area contributed by atoms with Crippen LogP contribution in [0.2, 0.25) is 0 Å². The molecule has 1 aliphatic heterocycles. The lowest BCUT2D eigenvalue weighted by molar-refractivity contribution is 0.239. The second-order valence-corrected chi connectivity index (χ2v) is 5.64. The van der Waals surface area contributed by atoms with Crippen molar-refractivity contribution >= 4 is 28.9 Å². The first kappa shape index (κ1) is 13.7. The molecule has 2 heterocycles. The number of likely N-dealkylation sites (tertiary alicyclic amines) is 1. The minimum Gasteiger partial charge on any atom is -0.375 e. The summed E-state index contributed by atoms with van der Waals surface area (Å²) in [6, 6.07) is 0.753. The zero-order valence-corrected chi connectivity index (χ0v) is 11.5. The van der Waals surface area contributed by atoms with E-state index in [0.717, 1.165) is 18.5 Å². The van der Waals surface area contributed by atoms with Gasteiger partial charge < -0.3 is 5.73 Å². The third kappa shape index (κ3) is 3.09. The Bertz CT molecular complexity index is 329. The number of nitrogens with two attached hydrogens (primary N) is 1. The summed E-state index contributed by atoms with van der Waals surface area (Å²) < 4.78 is 0. The number of anilines is 1. The maximum absolute atomic E-state index is 5.64. The fourth-order valence-electron chi connectivity index (χ4n) is 2.45. The minimum absolute atomic E-state index is 0. The number of thiazole rings is 1. The third-order valence-electron chi connectivity index (χ3n) is 3.14. The summed E-state index contributed by atoms with van der Waals surface area (Å²) in [5, 5.41) is 0.685. The Morgan fingerprint density at radius 1 is 1.62 bits per heavy atom. The lowest BCUT2D eigenvalue weighted by Crippen LogP contribution is -2.27. The Kier molecular flexibility index (Phi) is 5.02. The molecule has 92 valence electrons. The molecular formula is C11H20ClN3S. The molecule has 2 atom stereocenters. The van der Waals surface area contributed by atoms with Crippen molar-refractivity contribution in [2.75, 3.05) is 12.3 Å². The molecule has 0 bridgehead atoms. The van der Waals surface area contributed by atoms with Crippen molar-refractivity contribution < 1.29 is 0 Å². The molecule has 2 unspecified atom stereocenters. The van der Waals surface area contributed by atoms with Gasteiger partial charge >= 0.3 is 0 Å². The van der Waals surface area contributed by atoms with Gasteiger partial charge in [-0.15, -0.1) is 23.7 Å². The summed E-state index contributed by atoms with van der Waals surface area (Å²) in [7, 11) is 0. The second-order valence-electron chi connectivity index (χ2n) is 4.50. The van der Waals surface area contributed by atoms with Gasteiger partial charge in [-0.3, -0.25) is 4.90 Å². The van der Waals surface area contributed by atoms with Crippen molar-refractivity contribution in [2.24, 2.45) is 5.92 Å². The zero-order chi connectivity index (χ0) is 10.8. The van der Waals surface area contributed by atoms with Crippen LogP contribution in [0.1, 0.15) is 31.6 Å². The predicted molar refractivity (Wildman–Crippen MR) is 72.0 cm³/mol. The number of halogens is 1. The smallest absolute Gasteiger partial charge is 0.180 e. The molecule has 0 saturated carbocycles. The molecule has 0 amide bonds. The average Bonchev–Trinajstić information content (AvgIpc) is 2.73. The first-order valence-electron chi connectivity index (χ1n) is 5.63. The average molecular weight is 262 g/mol. The van der Waals surface area contributed by atoms with Crippen LogP contribution in [0.4, 0.5) is 5.13 Å². The van der Waals surface area contributed by atoms with Crippen molar-refractivity contribution in [1.29, 1.82) is 0 Å². The van der Waals surface area contributed by atoms with Gasteiger partial charge in [0.1, 0.15) is 0 Å².